The summed E-state index contributed by atoms with van der Waals surface area (Å²) in [5.74, 6) is 0. The molecule has 0 aromatic rings. The third-order valence-corrected chi connectivity index (χ3v) is 1.60. The topological polar surface area (TPSA) is 72.3 Å². The van der Waals surface area contributed by atoms with Crippen LogP contribution in [0.1, 0.15) is 41.5 Å². The van der Waals surface area contributed by atoms with Crippen LogP contribution in [-0.2, 0) is 0 Å². The molecule has 0 aliphatic heterocycles. The highest BCUT2D eigenvalue weighted by Crippen LogP contribution is 2.14. The summed E-state index contributed by atoms with van der Waals surface area (Å²) in [6.45, 7) is 11.8. The molecule has 0 rings (SSSR count). The normalized spacial score (nSPS) is 14.4. The van der Waals surface area contributed by atoms with Gasteiger partial charge in [-0.15, -0.1) is 0 Å². The van der Waals surface area contributed by atoms with Crippen molar-refractivity contribution in [2.45, 2.75) is 41.5 Å². The second-order valence-corrected chi connectivity index (χ2v) is 6.17. The Kier molecular flexibility index (Phi) is 5.46. The number of nitriles is 2. The molecule has 4 heteroatoms. The first-order valence-electron chi connectivity index (χ1n) is 5.74. The SMILES string of the molecule is CC(C)(C)/C=N/C(C#N)=C(C#N)\N=C\C(C)(C)C. The molecule has 0 aliphatic rings. The Labute approximate surface area is 109 Å². The molecule has 0 heterocycles. The molecule has 0 radical (unpaired) electrons. The van der Waals surface area contributed by atoms with Gasteiger partial charge in [0.15, 0.2) is 11.4 Å². The van der Waals surface area contributed by atoms with Gasteiger partial charge in [-0.1, -0.05) is 41.5 Å². The maximum Gasteiger partial charge on any atom is 0.176 e. The number of nitrogens with zero attached hydrogens (tertiary/aromatic N) is 4. The van der Waals surface area contributed by atoms with Gasteiger partial charge >= 0.3 is 0 Å². The van der Waals surface area contributed by atoms with Crippen LogP contribution in [0.4, 0.5) is 0 Å². The van der Waals surface area contributed by atoms with E-state index in [9.17, 15) is 0 Å². The zero-order valence-corrected chi connectivity index (χ0v) is 11.9. The van der Waals surface area contributed by atoms with Crippen molar-refractivity contribution in [3.05, 3.63) is 11.4 Å². The number of allylic oxidation sites excluding steroid dienone is 2. The molecule has 0 N–H and O–H groups in total. The van der Waals surface area contributed by atoms with Crippen LogP contribution in [0.15, 0.2) is 21.4 Å². The quantitative estimate of drug-likeness (QED) is 0.551. The van der Waals surface area contributed by atoms with E-state index in [1.807, 2.05) is 53.7 Å². The van der Waals surface area contributed by atoms with E-state index in [-0.39, 0.29) is 22.2 Å². The van der Waals surface area contributed by atoms with Gasteiger partial charge in [-0.25, -0.2) is 9.98 Å². The summed E-state index contributed by atoms with van der Waals surface area (Å²) in [6, 6.07) is 3.81. The first-order valence-corrected chi connectivity index (χ1v) is 5.74. The lowest BCUT2D eigenvalue weighted by Gasteiger charge is -2.10. The minimum absolute atomic E-state index is 0.0490. The van der Waals surface area contributed by atoms with E-state index in [0.29, 0.717) is 0 Å². The summed E-state index contributed by atoms with van der Waals surface area (Å²) in [6.07, 6.45) is 3.30. The van der Waals surface area contributed by atoms with Gasteiger partial charge in [0, 0.05) is 12.4 Å². The fourth-order valence-corrected chi connectivity index (χ4v) is 0.802. The van der Waals surface area contributed by atoms with Crippen molar-refractivity contribution in [1.82, 2.24) is 0 Å². The van der Waals surface area contributed by atoms with E-state index in [1.165, 1.54) is 0 Å². The monoisotopic (exact) mass is 244 g/mol. The van der Waals surface area contributed by atoms with E-state index in [4.69, 9.17) is 10.5 Å². The highest BCUT2D eigenvalue weighted by molar-refractivity contribution is 5.69. The van der Waals surface area contributed by atoms with Crippen molar-refractivity contribution in [1.29, 1.82) is 10.5 Å². The van der Waals surface area contributed by atoms with Gasteiger partial charge in [0.1, 0.15) is 12.1 Å². The van der Waals surface area contributed by atoms with Gasteiger partial charge < -0.3 is 0 Å². The Bertz CT molecular complexity index is 410. The second kappa shape index (κ2) is 6.12. The molecule has 4 nitrogen and oxygen atoms in total. The minimum Gasteiger partial charge on any atom is -0.247 e. The van der Waals surface area contributed by atoms with E-state index in [0.717, 1.165) is 0 Å². The maximum atomic E-state index is 9.01. The van der Waals surface area contributed by atoms with Crippen LogP contribution in [0.5, 0.6) is 0 Å². The fraction of sp³-hybridized carbons (Fsp3) is 0.571. The zero-order chi connectivity index (χ0) is 14.4. The highest BCUT2D eigenvalue weighted by Gasteiger charge is 2.10. The van der Waals surface area contributed by atoms with Crippen LogP contribution in [0.25, 0.3) is 0 Å². The molecule has 0 aromatic carbocycles. The molecule has 96 valence electrons. The summed E-state index contributed by atoms with van der Waals surface area (Å²) in [5, 5.41) is 18.0. The molecule has 0 bridgehead atoms. The average Bonchev–Trinajstić information content (AvgIpc) is 2.20. The molecular formula is C14H20N4. The van der Waals surface area contributed by atoms with Crippen LogP contribution in [0.2, 0.25) is 0 Å². The molecule has 0 aromatic heterocycles. The van der Waals surface area contributed by atoms with Gasteiger partial charge in [-0.2, -0.15) is 10.5 Å². The lowest BCUT2D eigenvalue weighted by Crippen LogP contribution is -2.07. The van der Waals surface area contributed by atoms with Crippen LogP contribution < -0.4 is 0 Å². The van der Waals surface area contributed by atoms with Crippen molar-refractivity contribution in [2.75, 3.05) is 0 Å². The number of hydrogen-bond acceptors (Lipinski definition) is 4. The minimum atomic E-state index is -0.142. The Morgan fingerprint density at radius 1 is 0.778 bits per heavy atom. The largest absolute Gasteiger partial charge is 0.247 e. The predicted molar refractivity (Wildman–Crippen MR) is 74.1 cm³/mol. The van der Waals surface area contributed by atoms with Gasteiger partial charge in [0.2, 0.25) is 0 Å². The molecule has 0 amide bonds. The Balaban J connectivity index is 5.37. The molecule has 0 fully saturated rings. The van der Waals surface area contributed by atoms with Crippen LogP contribution >= 0.6 is 0 Å². The third-order valence-electron chi connectivity index (χ3n) is 1.60. The summed E-state index contributed by atoms with van der Waals surface area (Å²) < 4.78 is 0. The predicted octanol–water partition coefficient (Wildman–Crippen LogP) is 3.48. The smallest absolute Gasteiger partial charge is 0.176 e. The standard InChI is InChI=1S/C14H20N4/c1-13(2,3)9-17-11(7-15)12(8-16)18-10-14(4,5)6/h9-10H,1-6H3/b12-11-,17-9+,18-10+. The number of aliphatic imine (C=N–C) groups is 2. The molecule has 0 atom stereocenters. The van der Waals surface area contributed by atoms with Crippen molar-refractivity contribution in [3.63, 3.8) is 0 Å². The van der Waals surface area contributed by atoms with E-state index in [1.54, 1.807) is 12.4 Å². The Hall–Kier alpha value is -1.94. The highest BCUT2D eigenvalue weighted by atomic mass is 14.8. The van der Waals surface area contributed by atoms with Crippen molar-refractivity contribution in [3.8, 4) is 12.1 Å². The first kappa shape index (κ1) is 16.1. The molecule has 0 unspecified atom stereocenters. The summed E-state index contributed by atoms with van der Waals surface area (Å²) in [7, 11) is 0. The van der Waals surface area contributed by atoms with Gasteiger partial charge in [-0.05, 0) is 10.8 Å². The number of rotatable bonds is 2. The molecule has 0 aliphatic carbocycles. The average molecular weight is 244 g/mol. The molecule has 0 spiro atoms. The maximum absolute atomic E-state index is 9.01. The summed E-state index contributed by atoms with van der Waals surface area (Å²) in [5.41, 5.74) is -0.187. The van der Waals surface area contributed by atoms with E-state index >= 15 is 0 Å². The Morgan fingerprint density at radius 3 is 1.22 bits per heavy atom. The van der Waals surface area contributed by atoms with Crippen molar-refractivity contribution < 1.29 is 0 Å². The van der Waals surface area contributed by atoms with E-state index in [2.05, 4.69) is 9.98 Å². The fourth-order valence-electron chi connectivity index (χ4n) is 0.802. The molecular weight excluding hydrogens is 224 g/mol. The second-order valence-electron chi connectivity index (χ2n) is 6.17. The lowest BCUT2D eigenvalue weighted by molar-refractivity contribution is 0.605. The number of hydrogen-bond donors (Lipinski definition) is 0. The lowest BCUT2D eigenvalue weighted by atomic mass is 9.99. The Morgan fingerprint density at radius 2 is 1.06 bits per heavy atom. The van der Waals surface area contributed by atoms with Gasteiger partial charge in [0.05, 0.1) is 0 Å². The van der Waals surface area contributed by atoms with E-state index < -0.39 is 0 Å². The summed E-state index contributed by atoms with van der Waals surface area (Å²) >= 11 is 0. The molecule has 0 saturated heterocycles. The third kappa shape index (κ3) is 7.35. The van der Waals surface area contributed by atoms with Crippen molar-refractivity contribution >= 4 is 12.4 Å². The van der Waals surface area contributed by atoms with Crippen LogP contribution in [0, 0.1) is 33.5 Å². The van der Waals surface area contributed by atoms with Crippen LogP contribution in [-0.4, -0.2) is 12.4 Å². The molecule has 0 saturated carbocycles. The molecule has 18 heavy (non-hydrogen) atoms. The summed E-state index contributed by atoms with van der Waals surface area (Å²) in [4.78, 5) is 8.09. The first-order chi connectivity index (χ1) is 8.09. The van der Waals surface area contributed by atoms with Crippen molar-refractivity contribution in [2.24, 2.45) is 20.8 Å². The zero-order valence-electron chi connectivity index (χ0n) is 11.9. The van der Waals surface area contributed by atoms with Gasteiger partial charge in [-0.3, -0.25) is 0 Å². The van der Waals surface area contributed by atoms with Crippen LogP contribution in [0.3, 0.4) is 0 Å². The van der Waals surface area contributed by atoms with Gasteiger partial charge in [0.25, 0.3) is 0 Å².